The summed E-state index contributed by atoms with van der Waals surface area (Å²) >= 11 is 6.14. The summed E-state index contributed by atoms with van der Waals surface area (Å²) in [4.78, 5) is 12.7. The smallest absolute Gasteiger partial charge is 0.257 e. The lowest BCUT2D eigenvalue weighted by atomic mass is 10.2. The van der Waals surface area contributed by atoms with Gasteiger partial charge in [0.15, 0.2) is 0 Å². The first-order chi connectivity index (χ1) is 15.1. The molecule has 32 heavy (non-hydrogen) atoms. The van der Waals surface area contributed by atoms with Crippen LogP contribution in [0.1, 0.15) is 29.8 Å². The molecule has 2 N–H and O–H groups in total. The predicted molar refractivity (Wildman–Crippen MR) is 122 cm³/mol. The van der Waals surface area contributed by atoms with Gasteiger partial charge in [-0.3, -0.25) is 4.79 Å². The molecule has 9 heteroatoms. The third-order valence-electron chi connectivity index (χ3n) is 4.27. The number of carbonyl (C=O) groups excluding carboxylic acids is 1. The van der Waals surface area contributed by atoms with Gasteiger partial charge in [-0.05, 0) is 61.9 Å². The van der Waals surface area contributed by atoms with Crippen LogP contribution in [0.5, 0.6) is 5.75 Å². The normalized spacial score (nSPS) is 11.4. The summed E-state index contributed by atoms with van der Waals surface area (Å²) in [5, 5.41) is 2.80. The Labute approximate surface area is 191 Å². The van der Waals surface area contributed by atoms with E-state index in [0.717, 1.165) is 0 Å². The van der Waals surface area contributed by atoms with Crippen LogP contribution in [0.2, 0.25) is 5.02 Å². The van der Waals surface area contributed by atoms with Crippen molar-refractivity contribution in [2.75, 3.05) is 5.32 Å². The summed E-state index contributed by atoms with van der Waals surface area (Å²) in [6.07, 6.45) is 0. The molecule has 0 heterocycles. The van der Waals surface area contributed by atoms with Crippen molar-refractivity contribution >= 4 is 33.2 Å². The number of hydrogen-bond acceptors (Lipinski definition) is 4. The second-order valence-corrected chi connectivity index (χ2v) is 9.44. The highest BCUT2D eigenvalue weighted by Crippen LogP contribution is 2.24. The van der Waals surface area contributed by atoms with Crippen molar-refractivity contribution in [3.05, 3.63) is 88.7 Å². The van der Waals surface area contributed by atoms with Crippen molar-refractivity contribution in [1.82, 2.24) is 4.72 Å². The Morgan fingerprint density at radius 2 is 1.81 bits per heavy atom. The van der Waals surface area contributed by atoms with Gasteiger partial charge in [-0.15, -0.1) is 0 Å². The summed E-state index contributed by atoms with van der Waals surface area (Å²) in [6.45, 7) is 3.55. The van der Waals surface area contributed by atoms with Gasteiger partial charge >= 0.3 is 0 Å². The maximum Gasteiger partial charge on any atom is 0.257 e. The largest absolute Gasteiger partial charge is 0.489 e. The van der Waals surface area contributed by atoms with E-state index in [9.17, 15) is 17.6 Å². The second kappa shape index (κ2) is 10.1. The van der Waals surface area contributed by atoms with Crippen LogP contribution in [0.15, 0.2) is 71.6 Å². The Hall–Kier alpha value is -2.94. The minimum atomic E-state index is -3.78. The number of ether oxygens (including phenoxy) is 1. The maximum atomic E-state index is 13.3. The molecular formula is C23H22ClFN2O4S. The number of nitrogens with one attached hydrogen (secondary N) is 2. The number of anilines is 1. The first-order valence-corrected chi connectivity index (χ1v) is 11.6. The molecule has 0 aliphatic rings. The molecule has 0 radical (unpaired) electrons. The van der Waals surface area contributed by atoms with Gasteiger partial charge in [0.05, 0.1) is 15.5 Å². The number of carbonyl (C=O) groups is 1. The van der Waals surface area contributed by atoms with Gasteiger partial charge in [0.2, 0.25) is 10.0 Å². The van der Waals surface area contributed by atoms with Crippen molar-refractivity contribution in [2.45, 2.75) is 31.4 Å². The molecule has 0 fully saturated rings. The molecule has 0 bridgehead atoms. The molecule has 0 saturated heterocycles. The molecule has 3 aromatic rings. The Balaban J connectivity index is 1.74. The molecular weight excluding hydrogens is 455 g/mol. The van der Waals surface area contributed by atoms with Crippen molar-refractivity contribution in [3.63, 3.8) is 0 Å². The first kappa shape index (κ1) is 23.7. The Bertz CT molecular complexity index is 1230. The van der Waals surface area contributed by atoms with Crippen LogP contribution in [-0.2, 0) is 16.6 Å². The Kier molecular flexibility index (Phi) is 7.50. The molecule has 6 nitrogen and oxygen atoms in total. The molecule has 0 aliphatic heterocycles. The molecule has 0 aliphatic carbocycles. The average molecular weight is 477 g/mol. The van der Waals surface area contributed by atoms with E-state index < -0.39 is 15.9 Å². The highest BCUT2D eigenvalue weighted by molar-refractivity contribution is 7.89. The molecule has 0 atom stereocenters. The van der Waals surface area contributed by atoms with Crippen molar-refractivity contribution < 1.29 is 22.3 Å². The van der Waals surface area contributed by atoms with Crippen molar-refractivity contribution in [2.24, 2.45) is 0 Å². The van der Waals surface area contributed by atoms with Gasteiger partial charge in [0, 0.05) is 17.8 Å². The van der Waals surface area contributed by atoms with Crippen LogP contribution in [0.25, 0.3) is 0 Å². The lowest BCUT2D eigenvalue weighted by molar-refractivity contribution is 0.102. The predicted octanol–water partition coefficient (Wildman–Crippen LogP) is 5.00. The summed E-state index contributed by atoms with van der Waals surface area (Å²) in [5.74, 6) is -0.452. The molecule has 168 valence electrons. The van der Waals surface area contributed by atoms with Gasteiger partial charge in [-0.25, -0.2) is 17.5 Å². The van der Waals surface area contributed by atoms with Crippen LogP contribution >= 0.6 is 11.6 Å². The molecule has 0 saturated carbocycles. The zero-order chi connectivity index (χ0) is 23.3. The van der Waals surface area contributed by atoms with E-state index in [1.165, 1.54) is 30.3 Å². The molecule has 3 aromatic carbocycles. The zero-order valence-electron chi connectivity index (χ0n) is 17.4. The summed E-state index contributed by atoms with van der Waals surface area (Å²) in [5.41, 5.74) is 1.11. The zero-order valence-corrected chi connectivity index (χ0v) is 19.0. The van der Waals surface area contributed by atoms with Crippen molar-refractivity contribution in [3.8, 4) is 5.75 Å². The van der Waals surface area contributed by atoms with Gasteiger partial charge in [0.25, 0.3) is 5.91 Å². The number of benzene rings is 3. The van der Waals surface area contributed by atoms with E-state index in [2.05, 4.69) is 10.0 Å². The second-order valence-electron chi connectivity index (χ2n) is 7.32. The first-order valence-electron chi connectivity index (χ1n) is 9.74. The molecule has 0 aromatic heterocycles. The third-order valence-corrected chi connectivity index (χ3v) is 6.26. The van der Waals surface area contributed by atoms with Crippen LogP contribution in [0, 0.1) is 5.82 Å². The van der Waals surface area contributed by atoms with E-state index >= 15 is 0 Å². The van der Waals surface area contributed by atoms with Crippen LogP contribution < -0.4 is 14.8 Å². The van der Waals surface area contributed by atoms with Gasteiger partial charge in [0.1, 0.15) is 18.2 Å². The lowest BCUT2D eigenvalue weighted by Crippen LogP contribution is -2.30. The Morgan fingerprint density at radius 3 is 2.53 bits per heavy atom. The Morgan fingerprint density at radius 1 is 1.06 bits per heavy atom. The third kappa shape index (κ3) is 6.29. The van der Waals surface area contributed by atoms with Crippen molar-refractivity contribution in [1.29, 1.82) is 0 Å². The lowest BCUT2D eigenvalue weighted by Gasteiger charge is -2.12. The van der Waals surface area contributed by atoms with E-state index in [0.29, 0.717) is 17.0 Å². The van der Waals surface area contributed by atoms with Gasteiger partial charge in [-0.1, -0.05) is 29.8 Å². The summed E-state index contributed by atoms with van der Waals surface area (Å²) in [6, 6.07) is 16.3. The number of halogens is 2. The minimum absolute atomic E-state index is 0.0179. The minimum Gasteiger partial charge on any atom is -0.489 e. The number of hydrogen-bond donors (Lipinski definition) is 2. The van der Waals surface area contributed by atoms with Crippen LogP contribution in [0.4, 0.5) is 10.1 Å². The maximum absolute atomic E-state index is 13.3. The fraction of sp³-hybridized carbons (Fsp3) is 0.174. The van der Waals surface area contributed by atoms with E-state index in [1.54, 1.807) is 50.2 Å². The van der Waals surface area contributed by atoms with Gasteiger partial charge in [-0.2, -0.15) is 0 Å². The average Bonchev–Trinajstić information content (AvgIpc) is 2.72. The fourth-order valence-corrected chi connectivity index (χ4v) is 4.36. The summed E-state index contributed by atoms with van der Waals surface area (Å²) in [7, 11) is -3.78. The van der Waals surface area contributed by atoms with E-state index in [4.69, 9.17) is 16.3 Å². The number of amides is 1. The van der Waals surface area contributed by atoms with Crippen LogP contribution in [0.3, 0.4) is 0 Å². The van der Waals surface area contributed by atoms with Crippen LogP contribution in [-0.4, -0.2) is 20.4 Å². The fourth-order valence-electron chi connectivity index (χ4n) is 2.88. The SMILES string of the molecule is CC(C)NS(=O)(=O)c1ccc(Cl)c(C(=O)Nc2cccc(OCc3cccc(F)c3)c2)c1. The molecule has 0 spiro atoms. The van der Waals surface area contributed by atoms with E-state index in [1.807, 2.05) is 0 Å². The molecule has 0 unspecified atom stereocenters. The van der Waals surface area contributed by atoms with Gasteiger partial charge < -0.3 is 10.1 Å². The number of sulfonamides is 1. The highest BCUT2D eigenvalue weighted by Gasteiger charge is 2.19. The summed E-state index contributed by atoms with van der Waals surface area (Å²) < 4.78 is 46.3. The topological polar surface area (TPSA) is 84.5 Å². The molecule has 3 rings (SSSR count). The molecule has 1 amide bonds. The van der Waals surface area contributed by atoms with E-state index in [-0.39, 0.29) is 33.9 Å². The highest BCUT2D eigenvalue weighted by atomic mass is 35.5. The number of rotatable bonds is 8. The quantitative estimate of drug-likeness (QED) is 0.479. The monoisotopic (exact) mass is 476 g/mol. The standard InChI is InChI=1S/C23H22ClFN2O4S/c1-15(2)27-32(29,30)20-9-10-22(24)21(13-20)23(28)26-18-7-4-8-19(12-18)31-14-16-5-3-6-17(25)11-16/h3-13,15,27H,14H2,1-2H3,(H,26,28).